The zero-order chi connectivity index (χ0) is 25.2. The number of rotatable bonds is 6. The molecule has 0 atom stereocenters. The minimum Gasteiger partial charge on any atom is -0.321 e. The molecular formula is C24H15Cl4N7O. The smallest absolute Gasteiger partial charge is 0.276 e. The fraction of sp³-hybridized carbons (Fsp3) is 0.0417. The van der Waals surface area contributed by atoms with Crippen LogP contribution in [0.4, 0.5) is 5.69 Å². The third-order valence-corrected chi connectivity index (χ3v) is 6.32. The van der Waals surface area contributed by atoms with Gasteiger partial charge in [-0.3, -0.25) is 4.79 Å². The van der Waals surface area contributed by atoms with E-state index < -0.39 is 5.91 Å². The molecule has 1 amide bonds. The molecule has 0 spiro atoms. The average molecular weight is 559 g/mol. The molecule has 0 bridgehead atoms. The molecule has 0 saturated heterocycles. The van der Waals surface area contributed by atoms with Gasteiger partial charge in [0, 0.05) is 38.3 Å². The largest absolute Gasteiger partial charge is 0.321 e. The number of carbonyl (C=O) groups excluding carboxylic acids is 1. The lowest BCUT2D eigenvalue weighted by molar-refractivity contribution is 0.102. The van der Waals surface area contributed by atoms with Crippen LogP contribution in [-0.4, -0.2) is 36.3 Å². The molecule has 2 heterocycles. The highest BCUT2D eigenvalue weighted by Crippen LogP contribution is 2.34. The van der Waals surface area contributed by atoms with Crippen molar-refractivity contribution in [3.8, 4) is 16.9 Å². The Bertz CT molecular complexity index is 1530. The van der Waals surface area contributed by atoms with E-state index in [1.807, 2.05) is 12.1 Å². The van der Waals surface area contributed by atoms with Gasteiger partial charge in [0.25, 0.3) is 5.91 Å². The maximum atomic E-state index is 13.5. The van der Waals surface area contributed by atoms with Gasteiger partial charge in [-0.15, -0.1) is 10.2 Å². The number of nitrogens with one attached hydrogen (secondary N) is 2. The maximum absolute atomic E-state index is 13.5. The Morgan fingerprint density at radius 3 is 2.19 bits per heavy atom. The van der Waals surface area contributed by atoms with Gasteiger partial charge in [0.2, 0.25) is 0 Å². The van der Waals surface area contributed by atoms with E-state index in [2.05, 4.69) is 25.9 Å². The van der Waals surface area contributed by atoms with Crippen LogP contribution >= 0.6 is 46.4 Å². The minimum absolute atomic E-state index is 0.158. The molecule has 0 unspecified atom stereocenters. The van der Waals surface area contributed by atoms with Crippen LogP contribution in [-0.2, 0) is 6.42 Å². The fourth-order valence-corrected chi connectivity index (χ4v) is 4.41. The monoisotopic (exact) mass is 557 g/mol. The van der Waals surface area contributed by atoms with Crippen molar-refractivity contribution >= 4 is 58.0 Å². The summed E-state index contributed by atoms with van der Waals surface area (Å²) in [5, 5.41) is 23.7. The summed E-state index contributed by atoms with van der Waals surface area (Å²) in [4.78, 5) is 13.5. The first-order valence-corrected chi connectivity index (χ1v) is 12.0. The predicted molar refractivity (Wildman–Crippen MR) is 140 cm³/mol. The van der Waals surface area contributed by atoms with E-state index in [0.717, 1.165) is 5.56 Å². The van der Waals surface area contributed by atoms with Crippen molar-refractivity contribution in [3.63, 3.8) is 0 Å². The number of aromatic nitrogens is 6. The normalized spacial score (nSPS) is 11.0. The summed E-state index contributed by atoms with van der Waals surface area (Å²) in [5.74, 6) is -0.0534. The lowest BCUT2D eigenvalue weighted by Gasteiger charge is -2.11. The molecule has 2 aromatic heterocycles. The average Bonchev–Trinajstić information content (AvgIpc) is 3.50. The molecule has 5 rings (SSSR count). The molecule has 0 aliphatic heterocycles. The van der Waals surface area contributed by atoms with Gasteiger partial charge in [0.05, 0.1) is 16.4 Å². The van der Waals surface area contributed by atoms with Gasteiger partial charge in [-0.25, -0.2) is 4.68 Å². The van der Waals surface area contributed by atoms with Crippen LogP contribution in [0.2, 0.25) is 20.1 Å². The van der Waals surface area contributed by atoms with Crippen LogP contribution in [0.1, 0.15) is 21.9 Å². The van der Waals surface area contributed by atoms with E-state index >= 15 is 0 Å². The Morgan fingerprint density at radius 1 is 0.889 bits per heavy atom. The number of tetrazole rings is 1. The van der Waals surface area contributed by atoms with Crippen molar-refractivity contribution < 1.29 is 4.79 Å². The molecule has 0 aliphatic carbocycles. The van der Waals surface area contributed by atoms with Crippen molar-refractivity contribution in [1.29, 1.82) is 0 Å². The minimum atomic E-state index is -0.435. The summed E-state index contributed by atoms with van der Waals surface area (Å²) in [6.07, 6.45) is 0.170. The first-order chi connectivity index (χ1) is 17.4. The van der Waals surface area contributed by atoms with Crippen molar-refractivity contribution in [2.75, 3.05) is 5.32 Å². The number of aromatic amines is 1. The first kappa shape index (κ1) is 24.3. The van der Waals surface area contributed by atoms with E-state index in [0.29, 0.717) is 48.5 Å². The van der Waals surface area contributed by atoms with Crippen LogP contribution in [0.5, 0.6) is 0 Å². The number of hydrogen-bond donors (Lipinski definition) is 2. The first-order valence-electron chi connectivity index (χ1n) is 10.5. The molecule has 180 valence electrons. The Morgan fingerprint density at radius 2 is 1.56 bits per heavy atom. The van der Waals surface area contributed by atoms with Crippen LogP contribution in [0, 0.1) is 0 Å². The highest BCUT2D eigenvalue weighted by Gasteiger charge is 2.27. The molecule has 0 radical (unpaired) electrons. The van der Waals surface area contributed by atoms with Crippen molar-refractivity contribution in [2.45, 2.75) is 6.42 Å². The summed E-state index contributed by atoms with van der Waals surface area (Å²) in [7, 11) is 0. The van der Waals surface area contributed by atoms with Gasteiger partial charge in [-0.1, -0.05) is 63.7 Å². The zero-order valence-electron chi connectivity index (χ0n) is 18.2. The molecule has 8 nitrogen and oxygen atoms in total. The maximum Gasteiger partial charge on any atom is 0.276 e. The standard InChI is InChI=1S/C24H15Cl4N7O/c25-14-3-1-13(2-4-14)23-18(12-21-30-33-34-31-21)22(24(36)29-17-8-5-15(26)6-9-17)32-35(23)20-10-7-16(27)11-19(20)28/h1-11H,12H2,(H,29,36)(H,30,31,33,34). The van der Waals surface area contributed by atoms with Gasteiger partial charge >= 0.3 is 0 Å². The highest BCUT2D eigenvalue weighted by molar-refractivity contribution is 6.35. The zero-order valence-corrected chi connectivity index (χ0v) is 21.2. The molecule has 3 aromatic carbocycles. The van der Waals surface area contributed by atoms with Crippen LogP contribution in [0.15, 0.2) is 66.7 Å². The van der Waals surface area contributed by atoms with Crippen LogP contribution in [0.3, 0.4) is 0 Å². The Balaban J connectivity index is 1.72. The summed E-state index contributed by atoms with van der Waals surface area (Å²) in [6.45, 7) is 0. The Labute approximate surface area is 225 Å². The number of halogens is 4. The second-order valence-corrected chi connectivity index (χ2v) is 9.37. The second kappa shape index (κ2) is 10.3. The molecule has 2 N–H and O–H groups in total. The van der Waals surface area contributed by atoms with Crippen molar-refractivity contribution in [1.82, 2.24) is 30.4 Å². The predicted octanol–water partition coefficient (Wildman–Crippen LogP) is 6.51. The lowest BCUT2D eigenvalue weighted by Crippen LogP contribution is -2.15. The Kier molecular flexibility index (Phi) is 6.93. The molecule has 0 saturated carbocycles. The number of benzene rings is 3. The third-order valence-electron chi connectivity index (χ3n) is 5.28. The van der Waals surface area contributed by atoms with E-state index in [4.69, 9.17) is 51.5 Å². The van der Waals surface area contributed by atoms with Crippen molar-refractivity contribution in [2.24, 2.45) is 0 Å². The van der Waals surface area contributed by atoms with E-state index in [1.165, 1.54) is 0 Å². The van der Waals surface area contributed by atoms with Crippen LogP contribution < -0.4 is 5.32 Å². The van der Waals surface area contributed by atoms with E-state index in [9.17, 15) is 4.79 Å². The summed E-state index contributed by atoms with van der Waals surface area (Å²) < 4.78 is 1.61. The number of amides is 1. The number of H-pyrrole nitrogens is 1. The molecular weight excluding hydrogens is 544 g/mol. The molecule has 12 heteroatoms. The number of hydrogen-bond acceptors (Lipinski definition) is 5. The fourth-order valence-electron chi connectivity index (χ4n) is 3.67. The summed E-state index contributed by atoms with van der Waals surface area (Å²) in [5.41, 5.74) is 3.18. The molecule has 5 aromatic rings. The van der Waals surface area contributed by atoms with E-state index in [1.54, 1.807) is 59.3 Å². The van der Waals surface area contributed by atoms with Gasteiger partial charge in [-0.2, -0.15) is 10.3 Å². The van der Waals surface area contributed by atoms with E-state index in [-0.39, 0.29) is 12.1 Å². The molecule has 0 fully saturated rings. The third kappa shape index (κ3) is 5.08. The SMILES string of the molecule is O=C(Nc1ccc(Cl)cc1)c1nn(-c2ccc(Cl)cc2Cl)c(-c2ccc(Cl)cc2)c1Cc1nn[nH]n1. The molecule has 0 aliphatic rings. The van der Waals surface area contributed by atoms with Gasteiger partial charge in [-0.05, 0) is 54.6 Å². The molecule has 36 heavy (non-hydrogen) atoms. The quantitative estimate of drug-likeness (QED) is 0.247. The number of carbonyl (C=O) groups is 1. The van der Waals surface area contributed by atoms with Gasteiger partial charge in [0.15, 0.2) is 11.5 Å². The van der Waals surface area contributed by atoms with Crippen LogP contribution in [0.25, 0.3) is 16.9 Å². The number of anilines is 1. The Hall–Kier alpha value is -3.43. The topological polar surface area (TPSA) is 101 Å². The second-order valence-electron chi connectivity index (χ2n) is 7.66. The van der Waals surface area contributed by atoms with Gasteiger partial charge in [0.1, 0.15) is 0 Å². The van der Waals surface area contributed by atoms with Crippen molar-refractivity contribution in [3.05, 3.63) is 104 Å². The highest BCUT2D eigenvalue weighted by atomic mass is 35.5. The van der Waals surface area contributed by atoms with Gasteiger partial charge < -0.3 is 5.32 Å². The summed E-state index contributed by atoms with van der Waals surface area (Å²) >= 11 is 24.8. The number of nitrogens with zero attached hydrogens (tertiary/aromatic N) is 5. The summed E-state index contributed by atoms with van der Waals surface area (Å²) in [6, 6.07) is 19.0. The lowest BCUT2D eigenvalue weighted by atomic mass is 10.0.